The maximum absolute atomic E-state index is 5.72. The highest BCUT2D eigenvalue weighted by Gasteiger charge is 2.09. The topological polar surface area (TPSA) is 73.3 Å². The first-order valence-corrected chi connectivity index (χ1v) is 6.71. The fourth-order valence-electron chi connectivity index (χ4n) is 1.89. The number of nitrogens with zero attached hydrogens (tertiary/aromatic N) is 1. The maximum atomic E-state index is 5.72. The van der Waals surface area contributed by atoms with E-state index in [0.717, 1.165) is 15.7 Å². The summed E-state index contributed by atoms with van der Waals surface area (Å²) < 4.78 is 11.8. The maximum Gasteiger partial charge on any atom is 0.300 e. The second-order valence-corrected chi connectivity index (χ2v) is 5.13. The van der Waals surface area contributed by atoms with Gasteiger partial charge in [0.1, 0.15) is 11.3 Å². The van der Waals surface area contributed by atoms with Gasteiger partial charge in [-0.25, -0.2) is 0 Å². The Hall–Kier alpha value is -2.21. The van der Waals surface area contributed by atoms with Gasteiger partial charge < -0.3 is 20.2 Å². The molecule has 0 radical (unpaired) electrons. The molecule has 0 bridgehead atoms. The number of benzene rings is 2. The van der Waals surface area contributed by atoms with Crippen LogP contribution in [0.5, 0.6) is 5.75 Å². The number of anilines is 3. The Morgan fingerprint density at radius 3 is 2.90 bits per heavy atom. The molecule has 5 nitrogen and oxygen atoms in total. The number of methoxy groups -OCH3 is 1. The number of nitrogen functional groups attached to an aromatic ring is 1. The average Bonchev–Trinajstić information content (AvgIpc) is 2.80. The summed E-state index contributed by atoms with van der Waals surface area (Å²) in [5.41, 5.74) is 8.51. The molecular formula is C14H12BrN3O2. The number of ether oxygens (including phenoxy) is 1. The van der Waals surface area contributed by atoms with Crippen LogP contribution in [0.3, 0.4) is 0 Å². The third-order valence-corrected chi connectivity index (χ3v) is 3.31. The van der Waals surface area contributed by atoms with Crippen LogP contribution in [0, 0.1) is 0 Å². The Morgan fingerprint density at radius 2 is 2.10 bits per heavy atom. The fourth-order valence-corrected chi connectivity index (χ4v) is 2.25. The van der Waals surface area contributed by atoms with E-state index in [9.17, 15) is 0 Å². The minimum absolute atomic E-state index is 0.391. The molecule has 0 atom stereocenters. The molecule has 102 valence electrons. The van der Waals surface area contributed by atoms with Gasteiger partial charge in [-0.2, -0.15) is 4.98 Å². The van der Waals surface area contributed by atoms with Crippen molar-refractivity contribution in [1.29, 1.82) is 0 Å². The lowest BCUT2D eigenvalue weighted by Crippen LogP contribution is -1.94. The van der Waals surface area contributed by atoms with Gasteiger partial charge in [0.05, 0.1) is 12.8 Å². The van der Waals surface area contributed by atoms with Gasteiger partial charge in [0.15, 0.2) is 5.58 Å². The Balaban J connectivity index is 1.98. The molecule has 0 unspecified atom stereocenters. The van der Waals surface area contributed by atoms with Gasteiger partial charge in [0.25, 0.3) is 6.01 Å². The lowest BCUT2D eigenvalue weighted by molar-refractivity contribution is 0.416. The molecule has 0 saturated heterocycles. The molecule has 3 N–H and O–H groups in total. The van der Waals surface area contributed by atoms with Crippen molar-refractivity contribution < 1.29 is 9.15 Å². The van der Waals surface area contributed by atoms with Crippen molar-refractivity contribution in [2.45, 2.75) is 0 Å². The third kappa shape index (κ3) is 2.42. The van der Waals surface area contributed by atoms with Gasteiger partial charge in [0, 0.05) is 16.2 Å². The molecule has 0 aliphatic heterocycles. The molecule has 0 spiro atoms. The number of nitrogens with one attached hydrogen (secondary N) is 1. The van der Waals surface area contributed by atoms with Crippen molar-refractivity contribution in [1.82, 2.24) is 4.98 Å². The van der Waals surface area contributed by atoms with Crippen LogP contribution in [0.15, 0.2) is 45.3 Å². The Kier molecular flexibility index (Phi) is 3.23. The minimum Gasteiger partial charge on any atom is -0.495 e. The van der Waals surface area contributed by atoms with Gasteiger partial charge in [-0.05, 0) is 30.3 Å². The van der Waals surface area contributed by atoms with Crippen molar-refractivity contribution in [2.24, 2.45) is 0 Å². The van der Waals surface area contributed by atoms with E-state index < -0.39 is 0 Å². The van der Waals surface area contributed by atoms with Crippen molar-refractivity contribution >= 4 is 44.4 Å². The molecule has 6 heteroatoms. The number of hydrogen-bond acceptors (Lipinski definition) is 5. The van der Waals surface area contributed by atoms with E-state index in [2.05, 4.69) is 26.2 Å². The van der Waals surface area contributed by atoms with Gasteiger partial charge in [-0.1, -0.05) is 15.9 Å². The zero-order chi connectivity index (χ0) is 14.1. The first-order valence-electron chi connectivity index (χ1n) is 5.92. The number of halogens is 1. The monoisotopic (exact) mass is 333 g/mol. The molecule has 0 saturated carbocycles. The van der Waals surface area contributed by atoms with Gasteiger partial charge >= 0.3 is 0 Å². The largest absolute Gasteiger partial charge is 0.495 e. The van der Waals surface area contributed by atoms with E-state index in [1.807, 2.05) is 24.3 Å². The standard InChI is InChI=1S/C14H12BrN3O2/c1-19-12-5-2-8(15)6-11(12)18-14-17-10-4-3-9(16)7-13(10)20-14/h2-7H,16H2,1H3,(H,17,18). The highest BCUT2D eigenvalue weighted by Crippen LogP contribution is 2.31. The second kappa shape index (κ2) is 5.05. The smallest absolute Gasteiger partial charge is 0.300 e. The van der Waals surface area contributed by atoms with E-state index in [4.69, 9.17) is 14.9 Å². The van der Waals surface area contributed by atoms with Crippen LogP contribution in [0.1, 0.15) is 0 Å². The average molecular weight is 334 g/mol. The SMILES string of the molecule is COc1ccc(Br)cc1Nc1nc2ccc(N)cc2o1. The quantitative estimate of drug-likeness (QED) is 0.710. The molecule has 0 aliphatic rings. The van der Waals surface area contributed by atoms with E-state index in [-0.39, 0.29) is 0 Å². The molecule has 0 aliphatic carbocycles. The number of hydrogen-bond donors (Lipinski definition) is 2. The zero-order valence-electron chi connectivity index (χ0n) is 10.7. The molecule has 3 aromatic rings. The van der Waals surface area contributed by atoms with Crippen molar-refractivity contribution in [2.75, 3.05) is 18.2 Å². The van der Waals surface area contributed by atoms with Crippen LogP contribution in [0.25, 0.3) is 11.1 Å². The third-order valence-electron chi connectivity index (χ3n) is 2.82. The van der Waals surface area contributed by atoms with Crippen molar-refractivity contribution in [3.8, 4) is 5.75 Å². The zero-order valence-corrected chi connectivity index (χ0v) is 12.3. The summed E-state index contributed by atoms with van der Waals surface area (Å²) in [6.07, 6.45) is 0. The van der Waals surface area contributed by atoms with Gasteiger partial charge in [-0.3, -0.25) is 0 Å². The molecule has 3 rings (SSSR count). The fraction of sp³-hybridized carbons (Fsp3) is 0.0714. The second-order valence-electron chi connectivity index (χ2n) is 4.22. The van der Waals surface area contributed by atoms with E-state index in [0.29, 0.717) is 23.0 Å². The summed E-state index contributed by atoms with van der Waals surface area (Å²) in [6.45, 7) is 0. The number of fused-ring (bicyclic) bond motifs is 1. The number of oxazole rings is 1. The van der Waals surface area contributed by atoms with E-state index in [1.54, 1.807) is 19.2 Å². The number of aromatic nitrogens is 1. The number of nitrogens with two attached hydrogens (primary N) is 1. The predicted molar refractivity (Wildman–Crippen MR) is 82.4 cm³/mol. The molecule has 0 amide bonds. The Morgan fingerprint density at radius 1 is 1.25 bits per heavy atom. The van der Waals surface area contributed by atoms with Crippen LogP contribution in [-0.4, -0.2) is 12.1 Å². The molecule has 1 aromatic heterocycles. The predicted octanol–water partition coefficient (Wildman–Crippen LogP) is 3.92. The Labute approximate surface area is 123 Å². The van der Waals surface area contributed by atoms with E-state index >= 15 is 0 Å². The summed E-state index contributed by atoms with van der Waals surface area (Å²) in [4.78, 5) is 4.35. The first-order chi connectivity index (χ1) is 9.65. The molecule has 20 heavy (non-hydrogen) atoms. The van der Waals surface area contributed by atoms with Gasteiger partial charge in [-0.15, -0.1) is 0 Å². The summed E-state index contributed by atoms with van der Waals surface area (Å²) in [5, 5.41) is 3.10. The highest BCUT2D eigenvalue weighted by molar-refractivity contribution is 9.10. The van der Waals surface area contributed by atoms with Crippen LogP contribution in [0.4, 0.5) is 17.4 Å². The lowest BCUT2D eigenvalue weighted by Gasteiger charge is -2.08. The van der Waals surface area contributed by atoms with Crippen LogP contribution in [-0.2, 0) is 0 Å². The van der Waals surface area contributed by atoms with Crippen LogP contribution in [0.2, 0.25) is 0 Å². The lowest BCUT2D eigenvalue weighted by atomic mass is 10.3. The van der Waals surface area contributed by atoms with Crippen LogP contribution >= 0.6 is 15.9 Å². The molecule has 2 aromatic carbocycles. The summed E-state index contributed by atoms with van der Waals surface area (Å²) in [6, 6.07) is 11.4. The van der Waals surface area contributed by atoms with Gasteiger partial charge in [0.2, 0.25) is 0 Å². The summed E-state index contributed by atoms with van der Waals surface area (Å²) in [7, 11) is 1.61. The molecule has 1 heterocycles. The molecule has 0 fully saturated rings. The minimum atomic E-state index is 0.391. The summed E-state index contributed by atoms with van der Waals surface area (Å²) in [5.74, 6) is 0.704. The van der Waals surface area contributed by atoms with E-state index in [1.165, 1.54) is 0 Å². The van der Waals surface area contributed by atoms with Crippen LogP contribution < -0.4 is 15.8 Å². The normalized spacial score (nSPS) is 10.7. The molecular weight excluding hydrogens is 322 g/mol. The summed E-state index contributed by atoms with van der Waals surface area (Å²) >= 11 is 3.42. The number of rotatable bonds is 3. The van der Waals surface area contributed by atoms with Crippen molar-refractivity contribution in [3.05, 3.63) is 40.9 Å². The van der Waals surface area contributed by atoms with Crippen molar-refractivity contribution in [3.63, 3.8) is 0 Å². The first kappa shape index (κ1) is 12.8. The Bertz CT molecular complexity index is 770. The highest BCUT2D eigenvalue weighted by atomic mass is 79.9.